The van der Waals surface area contributed by atoms with Crippen LogP contribution in [0.1, 0.15) is 20.5 Å². The van der Waals surface area contributed by atoms with Gasteiger partial charge in [0.05, 0.1) is 16.5 Å². The fourth-order valence-corrected chi connectivity index (χ4v) is 5.13. The van der Waals surface area contributed by atoms with Crippen molar-refractivity contribution in [3.05, 3.63) is 53.7 Å². The number of hydrogen-bond donors (Lipinski definition) is 1. The highest BCUT2D eigenvalue weighted by molar-refractivity contribution is 8.19. The van der Waals surface area contributed by atoms with Crippen LogP contribution in [0.15, 0.2) is 42.6 Å². The third-order valence-electron chi connectivity index (χ3n) is 3.53. The highest BCUT2D eigenvalue weighted by atomic mass is 32.2. The van der Waals surface area contributed by atoms with E-state index in [1.54, 1.807) is 6.20 Å². The topological polar surface area (TPSA) is 45.2 Å². The first-order chi connectivity index (χ1) is 11.1. The Labute approximate surface area is 145 Å². The molecule has 1 aliphatic heterocycles. The number of thioether (sulfide) groups is 2. The van der Waals surface area contributed by atoms with Gasteiger partial charge in [-0.25, -0.2) is 4.98 Å². The molecule has 0 aliphatic carbocycles. The van der Waals surface area contributed by atoms with Crippen LogP contribution in [0.3, 0.4) is 0 Å². The van der Waals surface area contributed by atoms with Crippen LogP contribution >= 0.6 is 23.5 Å². The van der Waals surface area contributed by atoms with Crippen molar-refractivity contribution in [2.24, 2.45) is 0 Å². The molecular weight excluding hydrogens is 326 g/mol. The number of hydrogen-bond acceptors (Lipinski definition) is 5. The number of nitrogens with zero attached hydrogens (tertiary/aromatic N) is 2. The Morgan fingerprint density at radius 3 is 2.39 bits per heavy atom. The van der Waals surface area contributed by atoms with Crippen LogP contribution in [0.5, 0.6) is 0 Å². The zero-order valence-corrected chi connectivity index (χ0v) is 14.8. The largest absolute Gasteiger partial charge is 0.363 e. The fourth-order valence-electron chi connectivity index (χ4n) is 2.27. The molecule has 0 unspecified atom stereocenters. The molecule has 1 aromatic heterocycles. The van der Waals surface area contributed by atoms with E-state index in [4.69, 9.17) is 0 Å². The third kappa shape index (κ3) is 4.00. The van der Waals surface area contributed by atoms with E-state index in [9.17, 15) is 4.79 Å². The molecule has 1 saturated heterocycles. The molecule has 23 heavy (non-hydrogen) atoms. The predicted octanol–water partition coefficient (Wildman–Crippen LogP) is 3.88. The summed E-state index contributed by atoms with van der Waals surface area (Å²) < 4.78 is 0.509. The number of carbonyl (C=O) groups excluding carboxylic acids is 1. The number of aromatic nitrogens is 1. The van der Waals surface area contributed by atoms with Crippen LogP contribution in [0, 0.1) is 0 Å². The van der Waals surface area contributed by atoms with E-state index < -0.39 is 0 Å². The molecule has 0 radical (unpaired) electrons. The van der Waals surface area contributed by atoms with Crippen LogP contribution in [0.2, 0.25) is 0 Å². The molecule has 6 heteroatoms. The van der Waals surface area contributed by atoms with Gasteiger partial charge in [-0.05, 0) is 29.8 Å². The van der Waals surface area contributed by atoms with Gasteiger partial charge < -0.3 is 10.2 Å². The normalized spacial score (nSPS) is 14.7. The second-order valence-corrected chi connectivity index (χ2v) is 8.17. The van der Waals surface area contributed by atoms with Crippen LogP contribution in [0.25, 0.3) is 0 Å². The summed E-state index contributed by atoms with van der Waals surface area (Å²) in [4.78, 5) is 18.5. The number of amides is 1. The molecule has 1 N–H and O–H groups in total. The quantitative estimate of drug-likeness (QED) is 0.911. The predicted molar refractivity (Wildman–Crippen MR) is 101 cm³/mol. The summed E-state index contributed by atoms with van der Waals surface area (Å²) in [6.07, 6.45) is 1.67. The average Bonchev–Trinajstić information content (AvgIpc) is 3.10. The lowest BCUT2D eigenvalue weighted by molar-refractivity contribution is 0.102. The lowest BCUT2D eigenvalue weighted by Crippen LogP contribution is -2.13. The Morgan fingerprint density at radius 1 is 1.13 bits per heavy atom. The van der Waals surface area contributed by atoms with Crippen molar-refractivity contribution in [2.75, 3.05) is 35.8 Å². The maximum absolute atomic E-state index is 12.3. The van der Waals surface area contributed by atoms with Crippen LogP contribution in [0.4, 0.5) is 11.5 Å². The maximum Gasteiger partial charge on any atom is 0.255 e. The molecule has 4 nitrogen and oxygen atoms in total. The Bertz CT molecular complexity index is 665. The van der Waals surface area contributed by atoms with Crippen molar-refractivity contribution < 1.29 is 4.79 Å². The molecule has 3 rings (SSSR count). The van der Waals surface area contributed by atoms with E-state index in [0.717, 1.165) is 5.82 Å². The smallest absolute Gasteiger partial charge is 0.255 e. The minimum atomic E-state index is -0.109. The van der Waals surface area contributed by atoms with Gasteiger partial charge in [0, 0.05) is 31.2 Å². The van der Waals surface area contributed by atoms with Gasteiger partial charge in [0.2, 0.25) is 0 Å². The van der Waals surface area contributed by atoms with Crippen molar-refractivity contribution in [1.82, 2.24) is 4.98 Å². The van der Waals surface area contributed by atoms with E-state index >= 15 is 0 Å². The summed E-state index contributed by atoms with van der Waals surface area (Å²) in [5.41, 5.74) is 2.65. The van der Waals surface area contributed by atoms with Gasteiger partial charge in [0.15, 0.2) is 0 Å². The van der Waals surface area contributed by atoms with Crippen molar-refractivity contribution in [3.63, 3.8) is 0 Å². The maximum atomic E-state index is 12.3. The van der Waals surface area contributed by atoms with Crippen molar-refractivity contribution in [3.8, 4) is 0 Å². The molecule has 2 heterocycles. The van der Waals surface area contributed by atoms with E-state index in [0.29, 0.717) is 15.8 Å². The Balaban J connectivity index is 1.65. The number of carbonyl (C=O) groups is 1. The molecular formula is C17H19N3OS2. The lowest BCUT2D eigenvalue weighted by atomic mass is 10.1. The average molecular weight is 345 g/mol. The van der Waals surface area contributed by atoms with Crippen LogP contribution in [-0.2, 0) is 0 Å². The monoisotopic (exact) mass is 345 g/mol. The zero-order valence-electron chi connectivity index (χ0n) is 13.2. The Kier molecular flexibility index (Phi) is 5.13. The highest BCUT2D eigenvalue weighted by Gasteiger charge is 2.18. The molecule has 0 saturated carbocycles. The fraction of sp³-hybridized carbons (Fsp3) is 0.294. The van der Waals surface area contributed by atoms with Gasteiger partial charge in [-0.3, -0.25) is 4.79 Å². The van der Waals surface area contributed by atoms with Crippen LogP contribution < -0.4 is 10.2 Å². The van der Waals surface area contributed by atoms with E-state index in [-0.39, 0.29) is 5.91 Å². The number of nitrogens with one attached hydrogen (secondary N) is 1. The number of anilines is 2. The molecule has 2 aromatic rings. The van der Waals surface area contributed by atoms with Crippen molar-refractivity contribution in [1.29, 1.82) is 0 Å². The van der Waals surface area contributed by atoms with Crippen molar-refractivity contribution in [2.45, 2.75) is 4.58 Å². The van der Waals surface area contributed by atoms with Crippen LogP contribution in [-0.4, -0.2) is 36.5 Å². The minimum Gasteiger partial charge on any atom is -0.363 e. The molecule has 1 aliphatic rings. The second-order valence-electron chi connectivity index (χ2n) is 5.45. The molecule has 1 aromatic carbocycles. The Morgan fingerprint density at radius 2 is 1.83 bits per heavy atom. The number of benzene rings is 1. The zero-order chi connectivity index (χ0) is 16.2. The summed E-state index contributed by atoms with van der Waals surface area (Å²) in [6, 6.07) is 11.6. The first-order valence-electron chi connectivity index (χ1n) is 7.41. The molecule has 1 fully saturated rings. The van der Waals surface area contributed by atoms with Gasteiger partial charge in [-0.1, -0.05) is 12.1 Å². The Hall–Kier alpha value is -1.66. The standard InChI is InChI=1S/C17H19N3OS2/c1-20(2)15-8-7-14(11-18-15)19-16(21)12-3-5-13(6-4-12)17-22-9-10-23-17/h3-8,11,17H,9-10H2,1-2H3,(H,19,21). The lowest BCUT2D eigenvalue weighted by Gasteiger charge is -2.12. The highest BCUT2D eigenvalue weighted by Crippen LogP contribution is 2.45. The first-order valence-corrected chi connectivity index (χ1v) is 9.51. The van der Waals surface area contributed by atoms with Gasteiger partial charge in [0.1, 0.15) is 5.82 Å². The van der Waals surface area contributed by atoms with E-state index in [2.05, 4.69) is 22.4 Å². The van der Waals surface area contributed by atoms with Gasteiger partial charge in [0.25, 0.3) is 5.91 Å². The first kappa shape index (κ1) is 16.2. The van der Waals surface area contributed by atoms with Gasteiger partial charge in [-0.15, -0.1) is 23.5 Å². The molecule has 0 spiro atoms. The minimum absolute atomic E-state index is 0.109. The summed E-state index contributed by atoms with van der Waals surface area (Å²) in [5, 5.41) is 2.88. The van der Waals surface area contributed by atoms with Gasteiger partial charge >= 0.3 is 0 Å². The molecule has 0 atom stereocenters. The van der Waals surface area contributed by atoms with E-state index in [1.165, 1.54) is 17.1 Å². The molecule has 120 valence electrons. The van der Waals surface area contributed by atoms with E-state index in [1.807, 2.05) is 66.8 Å². The number of rotatable bonds is 4. The summed E-state index contributed by atoms with van der Waals surface area (Å²) >= 11 is 3.93. The second kappa shape index (κ2) is 7.27. The molecule has 1 amide bonds. The summed E-state index contributed by atoms with van der Waals surface area (Å²) in [5.74, 6) is 3.16. The summed E-state index contributed by atoms with van der Waals surface area (Å²) in [7, 11) is 3.87. The summed E-state index contributed by atoms with van der Waals surface area (Å²) in [6.45, 7) is 0. The van der Waals surface area contributed by atoms with Gasteiger partial charge in [-0.2, -0.15) is 0 Å². The van der Waals surface area contributed by atoms with Crippen molar-refractivity contribution >= 4 is 40.9 Å². The number of pyridine rings is 1. The third-order valence-corrected chi connectivity index (χ3v) is 6.64. The SMILES string of the molecule is CN(C)c1ccc(NC(=O)c2ccc(C3SCCS3)cc2)cn1. The molecule has 0 bridgehead atoms.